The van der Waals surface area contributed by atoms with Gasteiger partial charge in [0, 0.05) is 5.56 Å². The molecule has 1 N–H and O–H groups in total. The van der Waals surface area contributed by atoms with Crippen molar-refractivity contribution in [3.63, 3.8) is 0 Å². The molecule has 0 aliphatic rings. The summed E-state index contributed by atoms with van der Waals surface area (Å²) in [5.41, 5.74) is 2.81. The SMILES string of the molecule is O=C(Nc1nncs1)c1ccc2snnc2c1. The van der Waals surface area contributed by atoms with Crippen LogP contribution in [-0.4, -0.2) is 25.7 Å². The van der Waals surface area contributed by atoms with Gasteiger partial charge in [-0.3, -0.25) is 10.1 Å². The van der Waals surface area contributed by atoms with Gasteiger partial charge in [0.25, 0.3) is 5.91 Å². The maximum absolute atomic E-state index is 11.9. The first kappa shape index (κ1) is 10.2. The van der Waals surface area contributed by atoms with E-state index in [0.29, 0.717) is 10.7 Å². The molecule has 0 bridgehead atoms. The average molecular weight is 263 g/mol. The number of hydrogen-bond donors (Lipinski definition) is 1. The van der Waals surface area contributed by atoms with Crippen LogP contribution in [0.4, 0.5) is 5.13 Å². The van der Waals surface area contributed by atoms with E-state index < -0.39 is 0 Å². The van der Waals surface area contributed by atoms with E-state index in [1.54, 1.807) is 17.6 Å². The number of amides is 1. The van der Waals surface area contributed by atoms with Gasteiger partial charge in [0.1, 0.15) is 11.0 Å². The molecule has 8 heteroatoms. The van der Waals surface area contributed by atoms with E-state index in [4.69, 9.17) is 0 Å². The molecule has 0 spiro atoms. The third-order valence-electron chi connectivity index (χ3n) is 2.09. The Labute approximate surface area is 103 Å². The molecular weight excluding hydrogens is 258 g/mol. The fourth-order valence-corrected chi connectivity index (χ4v) is 2.30. The minimum Gasteiger partial charge on any atom is -0.296 e. The van der Waals surface area contributed by atoms with Crippen molar-refractivity contribution in [1.82, 2.24) is 19.8 Å². The Balaban J connectivity index is 1.90. The lowest BCUT2D eigenvalue weighted by molar-refractivity contribution is 0.102. The van der Waals surface area contributed by atoms with Gasteiger partial charge in [0.2, 0.25) is 5.13 Å². The van der Waals surface area contributed by atoms with Crippen molar-refractivity contribution in [3.8, 4) is 0 Å². The van der Waals surface area contributed by atoms with Gasteiger partial charge in [0.05, 0.1) is 4.70 Å². The van der Waals surface area contributed by atoms with Crippen LogP contribution in [0, 0.1) is 0 Å². The molecule has 2 heterocycles. The highest BCUT2D eigenvalue weighted by molar-refractivity contribution is 7.13. The number of hydrogen-bond acceptors (Lipinski definition) is 7. The van der Waals surface area contributed by atoms with E-state index in [9.17, 15) is 4.79 Å². The predicted octanol–water partition coefficient (Wildman–Crippen LogP) is 1.80. The molecular formula is C9H5N5OS2. The standard InChI is InChI=1S/C9H5N5OS2/c15-8(11-9-13-10-4-16-9)5-1-2-7-6(3-5)12-14-17-7/h1-4H,(H,11,13,15). The summed E-state index contributed by atoms with van der Waals surface area (Å²) in [5, 5.41) is 14.4. The summed E-state index contributed by atoms with van der Waals surface area (Å²) in [7, 11) is 0. The van der Waals surface area contributed by atoms with Gasteiger partial charge in [-0.2, -0.15) is 0 Å². The van der Waals surface area contributed by atoms with Crippen molar-refractivity contribution in [1.29, 1.82) is 0 Å². The van der Waals surface area contributed by atoms with Crippen LogP contribution >= 0.6 is 22.9 Å². The van der Waals surface area contributed by atoms with Gasteiger partial charge in [-0.15, -0.1) is 15.3 Å². The first-order chi connectivity index (χ1) is 8.33. The molecule has 0 unspecified atom stereocenters. The lowest BCUT2D eigenvalue weighted by Gasteiger charge is -2.00. The number of benzene rings is 1. The molecule has 3 aromatic rings. The summed E-state index contributed by atoms with van der Waals surface area (Å²) in [5.74, 6) is -0.225. The molecule has 0 aliphatic carbocycles. The highest BCUT2D eigenvalue weighted by Crippen LogP contribution is 2.18. The molecule has 0 atom stereocenters. The lowest BCUT2D eigenvalue weighted by Crippen LogP contribution is -2.11. The number of carbonyl (C=O) groups is 1. The predicted molar refractivity (Wildman–Crippen MR) is 65.3 cm³/mol. The zero-order valence-corrected chi connectivity index (χ0v) is 9.96. The monoisotopic (exact) mass is 263 g/mol. The Morgan fingerprint density at radius 1 is 1.29 bits per heavy atom. The van der Waals surface area contributed by atoms with Crippen LogP contribution in [0.3, 0.4) is 0 Å². The van der Waals surface area contributed by atoms with Crippen LogP contribution < -0.4 is 5.32 Å². The summed E-state index contributed by atoms with van der Waals surface area (Å²) in [6, 6.07) is 5.27. The van der Waals surface area contributed by atoms with Crippen LogP contribution in [0.5, 0.6) is 0 Å². The maximum Gasteiger partial charge on any atom is 0.257 e. The number of fused-ring (bicyclic) bond motifs is 1. The summed E-state index contributed by atoms with van der Waals surface area (Å²) in [6.07, 6.45) is 0. The third-order valence-corrected chi connectivity index (χ3v) is 3.40. The Hall–Kier alpha value is -1.93. The molecule has 1 amide bonds. The molecule has 0 saturated heterocycles. The largest absolute Gasteiger partial charge is 0.296 e. The number of aromatic nitrogens is 4. The molecule has 0 fully saturated rings. The lowest BCUT2D eigenvalue weighted by atomic mass is 10.2. The molecule has 0 radical (unpaired) electrons. The molecule has 3 rings (SSSR count). The zero-order valence-electron chi connectivity index (χ0n) is 8.32. The minimum atomic E-state index is -0.225. The topological polar surface area (TPSA) is 80.7 Å². The zero-order chi connectivity index (χ0) is 11.7. The minimum absolute atomic E-state index is 0.225. The second-order valence-corrected chi connectivity index (χ2v) is 4.77. The number of anilines is 1. The number of nitrogens with zero attached hydrogens (tertiary/aromatic N) is 4. The third kappa shape index (κ3) is 1.99. The van der Waals surface area contributed by atoms with Gasteiger partial charge in [-0.05, 0) is 29.7 Å². The van der Waals surface area contributed by atoms with E-state index in [1.165, 1.54) is 22.9 Å². The van der Waals surface area contributed by atoms with Crippen LogP contribution in [-0.2, 0) is 0 Å². The van der Waals surface area contributed by atoms with E-state index in [1.807, 2.05) is 6.07 Å². The number of carbonyl (C=O) groups excluding carboxylic acids is 1. The Morgan fingerprint density at radius 3 is 3.06 bits per heavy atom. The van der Waals surface area contributed by atoms with Crippen molar-refractivity contribution in [2.24, 2.45) is 0 Å². The van der Waals surface area contributed by atoms with Gasteiger partial charge in [-0.25, -0.2) is 0 Å². The average Bonchev–Trinajstić information content (AvgIpc) is 2.97. The van der Waals surface area contributed by atoms with E-state index >= 15 is 0 Å². The van der Waals surface area contributed by atoms with Crippen molar-refractivity contribution in [2.75, 3.05) is 5.32 Å². The van der Waals surface area contributed by atoms with Gasteiger partial charge in [0.15, 0.2) is 0 Å². The van der Waals surface area contributed by atoms with Crippen molar-refractivity contribution < 1.29 is 4.79 Å². The summed E-state index contributed by atoms with van der Waals surface area (Å²) in [6.45, 7) is 0. The second-order valence-electron chi connectivity index (χ2n) is 3.15. The molecule has 6 nitrogen and oxygen atoms in total. The van der Waals surface area contributed by atoms with Crippen LogP contribution in [0.2, 0.25) is 0 Å². The first-order valence-electron chi connectivity index (χ1n) is 4.62. The van der Waals surface area contributed by atoms with E-state index in [2.05, 4.69) is 25.1 Å². The summed E-state index contributed by atoms with van der Waals surface area (Å²) >= 11 is 2.57. The van der Waals surface area contributed by atoms with Gasteiger partial charge >= 0.3 is 0 Å². The summed E-state index contributed by atoms with van der Waals surface area (Å²) < 4.78 is 4.77. The highest BCUT2D eigenvalue weighted by atomic mass is 32.1. The molecule has 17 heavy (non-hydrogen) atoms. The second kappa shape index (κ2) is 4.15. The molecule has 0 aliphatic heterocycles. The van der Waals surface area contributed by atoms with Crippen molar-refractivity contribution in [3.05, 3.63) is 29.3 Å². The maximum atomic E-state index is 11.9. The Kier molecular flexibility index (Phi) is 2.50. The smallest absolute Gasteiger partial charge is 0.257 e. The van der Waals surface area contributed by atoms with E-state index in [0.717, 1.165) is 10.2 Å². The van der Waals surface area contributed by atoms with E-state index in [-0.39, 0.29) is 5.91 Å². The van der Waals surface area contributed by atoms with Crippen molar-refractivity contribution >= 4 is 44.1 Å². The van der Waals surface area contributed by atoms with Crippen LogP contribution in [0.25, 0.3) is 10.2 Å². The van der Waals surface area contributed by atoms with Crippen LogP contribution in [0.15, 0.2) is 23.7 Å². The highest BCUT2D eigenvalue weighted by Gasteiger charge is 2.09. The van der Waals surface area contributed by atoms with Crippen LogP contribution in [0.1, 0.15) is 10.4 Å². The first-order valence-corrected chi connectivity index (χ1v) is 6.28. The quantitative estimate of drug-likeness (QED) is 0.762. The fraction of sp³-hybridized carbons (Fsp3) is 0. The molecule has 2 aromatic heterocycles. The number of rotatable bonds is 2. The van der Waals surface area contributed by atoms with Gasteiger partial charge in [-0.1, -0.05) is 15.8 Å². The summed E-state index contributed by atoms with van der Waals surface area (Å²) in [4.78, 5) is 11.9. The Morgan fingerprint density at radius 2 is 2.24 bits per heavy atom. The van der Waals surface area contributed by atoms with Gasteiger partial charge < -0.3 is 0 Å². The normalized spacial score (nSPS) is 10.6. The number of nitrogens with one attached hydrogen (secondary N) is 1. The van der Waals surface area contributed by atoms with Crippen molar-refractivity contribution in [2.45, 2.75) is 0 Å². The Bertz CT molecular complexity index is 663. The molecule has 1 aromatic carbocycles. The molecule has 0 saturated carbocycles. The fourth-order valence-electron chi connectivity index (χ4n) is 1.32. The molecule has 84 valence electrons.